The number of likely N-dealkylation sites (N-methyl/N-ethyl adjacent to an activating group) is 1. The monoisotopic (exact) mass is 615 g/mol. The van der Waals surface area contributed by atoms with Gasteiger partial charge in [-0.15, -0.1) is 0 Å². The summed E-state index contributed by atoms with van der Waals surface area (Å²) in [5, 5.41) is 17.7. The van der Waals surface area contributed by atoms with Crippen LogP contribution in [0.1, 0.15) is 52.8 Å². The predicted octanol–water partition coefficient (Wildman–Crippen LogP) is 0.980. The van der Waals surface area contributed by atoms with Crippen molar-refractivity contribution in [1.82, 2.24) is 24.8 Å². The van der Waals surface area contributed by atoms with E-state index in [0.29, 0.717) is 17.8 Å². The van der Waals surface area contributed by atoms with Crippen LogP contribution in [-0.4, -0.2) is 101 Å². The zero-order valence-corrected chi connectivity index (χ0v) is 25.9. The molecule has 0 amide bonds. The number of rotatable bonds is 12. The number of nitrogens with one attached hydrogen (secondary N) is 1. The average molecular weight is 616 g/mol. The van der Waals surface area contributed by atoms with Gasteiger partial charge in [-0.2, -0.15) is 10.4 Å². The van der Waals surface area contributed by atoms with E-state index in [9.17, 15) is 19.6 Å². The molecule has 6 atom stereocenters. The summed E-state index contributed by atoms with van der Waals surface area (Å²) in [5.41, 5.74) is 4.98. The Bertz CT molecular complexity index is 1390. The van der Waals surface area contributed by atoms with E-state index in [1.165, 1.54) is 10.8 Å². The first-order chi connectivity index (χ1) is 20.9. The van der Waals surface area contributed by atoms with Crippen molar-refractivity contribution >= 4 is 29.2 Å². The minimum atomic E-state index is -1.90. The Morgan fingerprint density at radius 1 is 1.14 bits per heavy atom. The zero-order valence-electron chi connectivity index (χ0n) is 25.9. The van der Waals surface area contributed by atoms with Crippen molar-refractivity contribution in [3.05, 3.63) is 24.2 Å². The molecule has 0 spiro atoms. The van der Waals surface area contributed by atoms with E-state index in [-0.39, 0.29) is 18.7 Å². The average Bonchev–Trinajstić information content (AvgIpc) is 3.67. The number of hydrogen-bond acceptors (Lipinski definition) is 14. The molecule has 2 aromatic rings. The molecule has 2 aliphatic rings. The number of hydrogen-bond donors (Lipinski definition) is 2. The number of esters is 3. The maximum Gasteiger partial charge on any atom is 0.323 e. The van der Waals surface area contributed by atoms with Gasteiger partial charge in [0.25, 0.3) is 0 Å². The molecule has 15 nitrogen and oxygen atoms in total. The summed E-state index contributed by atoms with van der Waals surface area (Å²) in [5.74, 6) is -2.50. The van der Waals surface area contributed by atoms with Crippen LogP contribution in [0.15, 0.2) is 18.5 Å². The van der Waals surface area contributed by atoms with Crippen LogP contribution in [0.5, 0.6) is 0 Å². The second kappa shape index (κ2) is 13.9. The Morgan fingerprint density at radius 3 is 2.48 bits per heavy atom. The van der Waals surface area contributed by atoms with Gasteiger partial charge in [0.2, 0.25) is 5.60 Å². The van der Waals surface area contributed by atoms with Crippen molar-refractivity contribution in [3.63, 3.8) is 0 Å². The maximum absolute atomic E-state index is 12.9. The van der Waals surface area contributed by atoms with E-state index in [1.807, 2.05) is 7.05 Å². The smallest absolute Gasteiger partial charge is 0.323 e. The van der Waals surface area contributed by atoms with Gasteiger partial charge in [-0.3, -0.25) is 19.7 Å². The number of fused-ring (bicyclic) bond motifs is 1. The highest BCUT2D eigenvalue weighted by Crippen LogP contribution is 2.44. The van der Waals surface area contributed by atoms with Crippen molar-refractivity contribution in [3.8, 4) is 6.07 Å². The number of nitrogens with two attached hydrogens (primary N) is 1. The predicted molar refractivity (Wildman–Crippen MR) is 154 cm³/mol. The topological polar surface area (TPSA) is 193 Å². The van der Waals surface area contributed by atoms with Crippen molar-refractivity contribution in [2.45, 2.75) is 77.1 Å². The maximum atomic E-state index is 12.9. The molecule has 0 saturated carbocycles. The molecule has 4 rings (SSSR count). The molecule has 2 aliphatic heterocycles. The van der Waals surface area contributed by atoms with Gasteiger partial charge in [0.15, 0.2) is 18.0 Å². The second-order valence-electron chi connectivity index (χ2n) is 11.8. The minimum absolute atomic E-state index is 0.155. The van der Waals surface area contributed by atoms with Gasteiger partial charge >= 0.3 is 17.9 Å². The van der Waals surface area contributed by atoms with E-state index in [4.69, 9.17) is 29.4 Å². The van der Waals surface area contributed by atoms with E-state index in [0.717, 1.165) is 13.0 Å². The molecule has 2 saturated heterocycles. The van der Waals surface area contributed by atoms with Crippen LogP contribution >= 0.6 is 0 Å². The summed E-state index contributed by atoms with van der Waals surface area (Å²) in [6, 6.07) is 4.75. The summed E-state index contributed by atoms with van der Waals surface area (Å²) in [6.45, 7) is 9.23. The van der Waals surface area contributed by atoms with Gasteiger partial charge in [0.1, 0.15) is 36.2 Å². The molecule has 4 heterocycles. The fourth-order valence-electron chi connectivity index (χ4n) is 4.98. The van der Waals surface area contributed by atoms with Crippen LogP contribution in [0.4, 0.5) is 5.82 Å². The third-order valence-electron chi connectivity index (χ3n) is 7.62. The number of anilines is 1. The Balaban J connectivity index is 1.58. The molecule has 0 aliphatic carbocycles. The first kappa shape index (κ1) is 33.1. The number of carbonyl (C=O) groups excluding carboxylic acids is 3. The second-order valence-corrected chi connectivity index (χ2v) is 11.8. The number of nitrogen functional groups attached to an aromatic ring is 1. The summed E-state index contributed by atoms with van der Waals surface area (Å²) in [7, 11) is 1.96. The number of ether oxygens (including phenoxy) is 5. The molecule has 0 unspecified atom stereocenters. The van der Waals surface area contributed by atoms with Crippen LogP contribution in [0.2, 0.25) is 0 Å². The molecule has 2 fully saturated rings. The third kappa shape index (κ3) is 7.10. The molecule has 240 valence electrons. The molecule has 2 aromatic heterocycles. The Kier molecular flexibility index (Phi) is 10.4. The molecular weight excluding hydrogens is 574 g/mol. The normalized spacial score (nSPS) is 26.2. The van der Waals surface area contributed by atoms with Gasteiger partial charge < -0.3 is 34.3 Å². The van der Waals surface area contributed by atoms with Crippen molar-refractivity contribution in [2.75, 3.05) is 39.2 Å². The summed E-state index contributed by atoms with van der Waals surface area (Å²) in [4.78, 5) is 44.4. The first-order valence-electron chi connectivity index (χ1n) is 14.6. The number of nitriles is 1. The highest BCUT2D eigenvalue weighted by Gasteiger charge is 2.61. The summed E-state index contributed by atoms with van der Waals surface area (Å²) >= 11 is 0. The van der Waals surface area contributed by atoms with Gasteiger partial charge in [-0.25, -0.2) is 9.50 Å². The third-order valence-corrected chi connectivity index (χ3v) is 7.62. The number of nitrogens with zero attached hydrogens (tertiary/aromatic N) is 5. The van der Waals surface area contributed by atoms with E-state index < -0.39 is 66.3 Å². The van der Waals surface area contributed by atoms with Crippen LogP contribution in [-0.2, 0) is 38.1 Å². The molecule has 3 N–H and O–H groups in total. The van der Waals surface area contributed by atoms with Crippen LogP contribution in [0.25, 0.3) is 5.52 Å². The fraction of sp³-hybridized carbons (Fsp3) is 0.655. The number of likely N-dealkylation sites (tertiary alicyclic amines) is 1. The van der Waals surface area contributed by atoms with Gasteiger partial charge in [-0.1, -0.05) is 27.7 Å². The molecule has 44 heavy (non-hydrogen) atoms. The SMILES string of the molecule is CC(C)C(=O)O[C@H]1[C@H](c2ccc3c(N)ncnn23)O[C@](C#N)(COCN[C@@H](C)C(=O)O[C@H]2CCN(C)C2)[C@H]1OC(=O)C(C)C. The summed E-state index contributed by atoms with van der Waals surface area (Å²) < 4.78 is 30.9. The molecular formula is C29H41N7O8. The van der Waals surface area contributed by atoms with Crippen molar-refractivity contribution in [1.29, 1.82) is 5.26 Å². The van der Waals surface area contributed by atoms with Crippen LogP contribution < -0.4 is 11.1 Å². The van der Waals surface area contributed by atoms with Gasteiger partial charge in [-0.05, 0) is 32.5 Å². The summed E-state index contributed by atoms with van der Waals surface area (Å²) in [6.07, 6.45) is -1.86. The Labute approximate surface area is 255 Å². The van der Waals surface area contributed by atoms with Crippen molar-refractivity contribution < 1.29 is 38.1 Å². The minimum Gasteiger partial charge on any atom is -0.460 e. The Morgan fingerprint density at radius 2 is 1.84 bits per heavy atom. The lowest BCUT2D eigenvalue weighted by atomic mass is 9.95. The lowest BCUT2D eigenvalue weighted by Crippen LogP contribution is -2.50. The highest BCUT2D eigenvalue weighted by molar-refractivity contribution is 5.75. The highest BCUT2D eigenvalue weighted by atomic mass is 16.7. The van der Waals surface area contributed by atoms with Crippen LogP contribution in [0.3, 0.4) is 0 Å². The van der Waals surface area contributed by atoms with E-state index in [2.05, 4.69) is 26.4 Å². The van der Waals surface area contributed by atoms with Crippen LogP contribution in [0, 0.1) is 23.2 Å². The fourth-order valence-corrected chi connectivity index (χ4v) is 4.98. The molecule has 0 aromatic carbocycles. The quantitative estimate of drug-likeness (QED) is 0.148. The van der Waals surface area contributed by atoms with E-state index in [1.54, 1.807) is 46.8 Å². The molecule has 15 heteroatoms. The zero-order chi connectivity index (χ0) is 32.2. The largest absolute Gasteiger partial charge is 0.460 e. The Hall–Kier alpha value is -3.84. The van der Waals surface area contributed by atoms with Crippen molar-refractivity contribution in [2.24, 2.45) is 11.8 Å². The number of carbonyl (C=O) groups is 3. The lowest BCUT2D eigenvalue weighted by Gasteiger charge is -2.29. The van der Waals surface area contributed by atoms with E-state index >= 15 is 0 Å². The van der Waals surface area contributed by atoms with Gasteiger partial charge in [0, 0.05) is 13.1 Å². The molecule has 0 radical (unpaired) electrons. The standard InChI is InChI=1S/C29H41N7O8/c1-16(2)26(37)42-23-22(20-7-8-21-25(31)32-14-34-36(20)21)44-29(12-30,24(23)43-27(38)17(3)4)13-40-15-33-18(5)28(39)41-19-9-10-35(6)11-19/h7-8,14,16-19,22-24,33H,9-11,13,15H2,1-6H3,(H2,31,32,34)/t18-,19-,22-,23-,24-,29+/m0/s1. The molecule has 0 bridgehead atoms. The first-order valence-corrected chi connectivity index (χ1v) is 14.6. The lowest BCUT2D eigenvalue weighted by molar-refractivity contribution is -0.175. The van der Waals surface area contributed by atoms with Gasteiger partial charge in [0.05, 0.1) is 30.9 Å². The number of aromatic nitrogens is 3.